The molecule has 0 atom stereocenters. The number of aromatic amines is 1. The van der Waals surface area contributed by atoms with E-state index in [-0.39, 0.29) is 4.91 Å². The Balaban J connectivity index is 1.27. The highest BCUT2D eigenvalue weighted by molar-refractivity contribution is 8.04. The number of aromatic nitrogens is 3. The van der Waals surface area contributed by atoms with Crippen molar-refractivity contribution < 1.29 is 14.6 Å². The van der Waals surface area contributed by atoms with E-state index in [1.54, 1.807) is 18.2 Å². The van der Waals surface area contributed by atoms with Gasteiger partial charge in [-0.1, -0.05) is 66.2 Å². The van der Waals surface area contributed by atoms with E-state index < -0.39 is 5.97 Å². The molecule has 0 saturated carbocycles. The molecule has 1 heterocycles. The van der Waals surface area contributed by atoms with Gasteiger partial charge in [-0.25, -0.2) is 9.78 Å². The smallest absolute Gasteiger partial charge is 0.342 e. The molecule has 6 nitrogen and oxygen atoms in total. The van der Waals surface area contributed by atoms with Gasteiger partial charge in [0.05, 0.1) is 0 Å². The van der Waals surface area contributed by atoms with Gasteiger partial charge in [-0.3, -0.25) is 5.10 Å². The van der Waals surface area contributed by atoms with Crippen molar-refractivity contribution >= 4 is 46.2 Å². The Kier molecular flexibility index (Phi) is 7.02. The number of nitrogens with one attached hydrogen (secondary N) is 1. The van der Waals surface area contributed by atoms with Crippen LogP contribution in [0.25, 0.3) is 28.2 Å². The first kappa shape index (κ1) is 23.7. The number of halogens is 1. The molecule has 8 heteroatoms. The van der Waals surface area contributed by atoms with Gasteiger partial charge in [0.2, 0.25) is 5.16 Å². The van der Waals surface area contributed by atoms with Crippen LogP contribution in [0.4, 0.5) is 0 Å². The second-order valence-corrected chi connectivity index (χ2v) is 9.33. The van der Waals surface area contributed by atoms with E-state index >= 15 is 0 Å². The second kappa shape index (κ2) is 10.7. The number of hydrogen-bond donors (Lipinski definition) is 2. The van der Waals surface area contributed by atoms with Crippen molar-refractivity contribution in [2.24, 2.45) is 0 Å². The molecule has 0 saturated heterocycles. The number of rotatable bonds is 8. The van der Waals surface area contributed by atoms with Gasteiger partial charge in [0.25, 0.3) is 0 Å². The van der Waals surface area contributed by atoms with Crippen LogP contribution in [0, 0.1) is 0 Å². The summed E-state index contributed by atoms with van der Waals surface area (Å²) in [6.45, 7) is 0.438. The maximum Gasteiger partial charge on any atom is 0.342 e. The van der Waals surface area contributed by atoms with E-state index in [0.717, 1.165) is 33.8 Å². The number of carboxylic acids is 1. The zero-order chi connectivity index (χ0) is 24.9. The van der Waals surface area contributed by atoms with Crippen molar-refractivity contribution in [1.82, 2.24) is 15.2 Å². The molecule has 0 unspecified atom stereocenters. The number of carboxylic acid groups (broad SMARTS) is 1. The third-order valence-corrected chi connectivity index (χ3v) is 6.58. The topological polar surface area (TPSA) is 88.1 Å². The molecule has 5 aromatic rings. The van der Waals surface area contributed by atoms with Gasteiger partial charge < -0.3 is 9.84 Å². The van der Waals surface area contributed by atoms with E-state index in [1.807, 2.05) is 54.6 Å². The number of fused-ring (bicyclic) bond motifs is 1. The predicted molar refractivity (Wildman–Crippen MR) is 143 cm³/mol. The van der Waals surface area contributed by atoms with Gasteiger partial charge in [0.1, 0.15) is 17.3 Å². The van der Waals surface area contributed by atoms with E-state index in [1.165, 1.54) is 5.39 Å². The second-order valence-electron chi connectivity index (χ2n) is 7.89. The lowest BCUT2D eigenvalue weighted by molar-refractivity contribution is -0.131. The molecule has 0 aliphatic rings. The predicted octanol–water partition coefficient (Wildman–Crippen LogP) is 7.08. The Morgan fingerprint density at radius 2 is 1.72 bits per heavy atom. The molecular formula is C28H20ClN3O3S. The average Bonchev–Trinajstić information content (AvgIpc) is 3.37. The summed E-state index contributed by atoms with van der Waals surface area (Å²) in [5.74, 6) is 0.173. The largest absolute Gasteiger partial charge is 0.489 e. The highest BCUT2D eigenvalue weighted by Gasteiger charge is 2.14. The van der Waals surface area contributed by atoms with Crippen molar-refractivity contribution in [1.29, 1.82) is 0 Å². The zero-order valence-electron chi connectivity index (χ0n) is 18.9. The maximum atomic E-state index is 11.9. The van der Waals surface area contributed by atoms with Crippen LogP contribution in [0.3, 0.4) is 0 Å². The molecule has 2 N–H and O–H groups in total. The third-order valence-electron chi connectivity index (χ3n) is 5.45. The van der Waals surface area contributed by atoms with Crippen LogP contribution in [0.5, 0.6) is 5.75 Å². The molecule has 5 rings (SSSR count). The molecule has 0 spiro atoms. The Bertz CT molecular complexity index is 1540. The molecule has 0 radical (unpaired) electrons. The molecule has 1 aromatic heterocycles. The van der Waals surface area contributed by atoms with Gasteiger partial charge in [-0.2, -0.15) is 0 Å². The average molecular weight is 514 g/mol. The number of carbonyl (C=O) groups is 1. The monoisotopic (exact) mass is 513 g/mol. The number of H-pyrrole nitrogens is 1. The van der Waals surface area contributed by atoms with E-state index in [4.69, 9.17) is 16.3 Å². The third kappa shape index (κ3) is 5.59. The first-order chi connectivity index (χ1) is 17.5. The van der Waals surface area contributed by atoms with Crippen LogP contribution < -0.4 is 4.74 Å². The molecule has 0 bridgehead atoms. The van der Waals surface area contributed by atoms with Gasteiger partial charge >= 0.3 is 5.97 Å². The standard InChI is InChI=1S/C28H20ClN3O3S/c29-22-12-10-20(11-13-22)26-30-28(32-31-26)36-25(27(33)34)16-18-8-14-23(15-9-18)35-17-21-6-3-5-19-4-1-2-7-24(19)21/h1-16H,17H2,(H,33,34)(H,30,31,32)/b25-16-. The lowest BCUT2D eigenvalue weighted by Gasteiger charge is -2.09. The van der Waals surface area contributed by atoms with Gasteiger partial charge in [0, 0.05) is 10.6 Å². The Morgan fingerprint density at radius 3 is 2.50 bits per heavy atom. The SMILES string of the molecule is O=C(O)/C(=C/c1ccc(OCc2cccc3ccccc23)cc1)Sc1n[nH]c(-c2ccc(Cl)cc2)n1. The fourth-order valence-corrected chi connectivity index (χ4v) is 4.49. The summed E-state index contributed by atoms with van der Waals surface area (Å²) < 4.78 is 5.98. The highest BCUT2D eigenvalue weighted by atomic mass is 35.5. The molecule has 178 valence electrons. The van der Waals surface area contributed by atoms with Crippen LogP contribution in [-0.2, 0) is 11.4 Å². The Hall–Kier alpha value is -4.07. The van der Waals surface area contributed by atoms with E-state index in [2.05, 4.69) is 39.4 Å². The number of ether oxygens (including phenoxy) is 1. The van der Waals surface area contributed by atoms with Crippen LogP contribution in [0.1, 0.15) is 11.1 Å². The summed E-state index contributed by atoms with van der Waals surface area (Å²) >= 11 is 6.90. The maximum absolute atomic E-state index is 11.9. The summed E-state index contributed by atoms with van der Waals surface area (Å²) in [6.07, 6.45) is 1.58. The van der Waals surface area contributed by atoms with E-state index in [0.29, 0.717) is 28.4 Å². The van der Waals surface area contributed by atoms with Gasteiger partial charge in [0.15, 0.2) is 5.82 Å². The number of thioether (sulfide) groups is 1. The summed E-state index contributed by atoms with van der Waals surface area (Å²) in [5, 5.41) is 19.9. The van der Waals surface area contributed by atoms with Crippen molar-refractivity contribution in [3.63, 3.8) is 0 Å². The molecule has 0 fully saturated rings. The minimum absolute atomic E-state index is 0.0982. The molecule has 0 aliphatic carbocycles. The first-order valence-corrected chi connectivity index (χ1v) is 12.3. The van der Waals surface area contributed by atoms with Gasteiger partial charge in [-0.05, 0) is 76.1 Å². The summed E-state index contributed by atoms with van der Waals surface area (Å²) in [5.41, 5.74) is 2.63. The normalized spacial score (nSPS) is 11.5. The highest BCUT2D eigenvalue weighted by Crippen LogP contribution is 2.28. The summed E-state index contributed by atoms with van der Waals surface area (Å²) in [6, 6.07) is 28.8. The van der Waals surface area contributed by atoms with Crippen molar-refractivity contribution in [3.8, 4) is 17.1 Å². The molecule has 4 aromatic carbocycles. The number of hydrogen-bond acceptors (Lipinski definition) is 5. The molecule has 0 aliphatic heterocycles. The van der Waals surface area contributed by atoms with Crippen molar-refractivity contribution in [2.75, 3.05) is 0 Å². The summed E-state index contributed by atoms with van der Waals surface area (Å²) in [4.78, 5) is 16.4. The minimum Gasteiger partial charge on any atom is -0.489 e. The van der Waals surface area contributed by atoms with Crippen LogP contribution in [-0.4, -0.2) is 26.3 Å². The molecule has 0 amide bonds. The minimum atomic E-state index is -1.06. The number of benzene rings is 4. The Labute approximate surface area is 216 Å². The fourth-order valence-electron chi connectivity index (χ4n) is 3.65. The van der Waals surface area contributed by atoms with Crippen LogP contribution >= 0.6 is 23.4 Å². The van der Waals surface area contributed by atoms with Crippen LogP contribution in [0.15, 0.2) is 101 Å². The first-order valence-electron chi connectivity index (χ1n) is 11.1. The fraction of sp³-hybridized carbons (Fsp3) is 0.0357. The number of nitrogens with zero attached hydrogens (tertiary/aromatic N) is 2. The number of aliphatic carboxylic acids is 1. The lowest BCUT2D eigenvalue weighted by atomic mass is 10.1. The van der Waals surface area contributed by atoms with Gasteiger partial charge in [-0.15, -0.1) is 5.10 Å². The summed E-state index contributed by atoms with van der Waals surface area (Å²) in [7, 11) is 0. The lowest BCUT2D eigenvalue weighted by Crippen LogP contribution is -1.98. The molecular weight excluding hydrogens is 494 g/mol. The zero-order valence-corrected chi connectivity index (χ0v) is 20.5. The molecule has 36 heavy (non-hydrogen) atoms. The van der Waals surface area contributed by atoms with E-state index in [9.17, 15) is 9.90 Å². The van der Waals surface area contributed by atoms with Crippen molar-refractivity contribution in [3.05, 3.63) is 112 Å². The van der Waals surface area contributed by atoms with Crippen molar-refractivity contribution in [2.45, 2.75) is 11.8 Å². The quantitative estimate of drug-likeness (QED) is 0.170. The van der Waals surface area contributed by atoms with Crippen LogP contribution in [0.2, 0.25) is 5.02 Å². The Morgan fingerprint density at radius 1 is 0.972 bits per heavy atom.